The third kappa shape index (κ3) is 2.90. The molecule has 1 saturated heterocycles. The van der Waals surface area contributed by atoms with Crippen LogP contribution < -0.4 is 9.80 Å². The van der Waals surface area contributed by atoms with E-state index in [0.717, 1.165) is 36.3 Å². The first kappa shape index (κ1) is 16.8. The minimum atomic E-state index is -0.269. The largest absolute Gasteiger partial charge is 0.312 e. The fourth-order valence-electron chi connectivity index (χ4n) is 4.20. The molecule has 134 valence electrons. The molecule has 2 aliphatic rings. The molecule has 1 unspecified atom stereocenters. The van der Waals surface area contributed by atoms with Crippen molar-refractivity contribution in [2.24, 2.45) is 5.92 Å². The first-order valence-electron chi connectivity index (χ1n) is 9.31. The summed E-state index contributed by atoms with van der Waals surface area (Å²) >= 11 is 0. The molecule has 2 aliphatic heterocycles. The Morgan fingerprint density at radius 1 is 1.08 bits per heavy atom. The second-order valence-corrected chi connectivity index (χ2v) is 7.42. The van der Waals surface area contributed by atoms with Gasteiger partial charge in [0.1, 0.15) is 0 Å². The zero-order valence-electron chi connectivity index (χ0n) is 15.4. The lowest BCUT2D eigenvalue weighted by atomic mass is 9.99. The molecule has 0 aromatic heterocycles. The average Bonchev–Trinajstić information content (AvgIpc) is 3.02. The summed E-state index contributed by atoms with van der Waals surface area (Å²) < 4.78 is 0. The molecular weight excluding hydrogens is 324 g/mol. The van der Waals surface area contributed by atoms with Crippen molar-refractivity contribution >= 4 is 23.2 Å². The highest BCUT2D eigenvalue weighted by Gasteiger charge is 2.38. The molecule has 4 heteroatoms. The summed E-state index contributed by atoms with van der Waals surface area (Å²) in [4.78, 5) is 29.5. The van der Waals surface area contributed by atoms with Crippen LogP contribution in [0.1, 0.15) is 29.5 Å². The van der Waals surface area contributed by atoms with Crippen LogP contribution in [0.4, 0.5) is 11.4 Å². The Morgan fingerprint density at radius 2 is 1.88 bits per heavy atom. The molecule has 0 saturated carbocycles. The predicted octanol–water partition coefficient (Wildman–Crippen LogP) is 3.64. The molecule has 2 heterocycles. The lowest BCUT2D eigenvalue weighted by Gasteiger charge is -2.31. The van der Waals surface area contributed by atoms with E-state index in [-0.39, 0.29) is 17.7 Å². The summed E-state index contributed by atoms with van der Waals surface area (Å²) in [6.45, 7) is 5.28. The van der Waals surface area contributed by atoms with Crippen LogP contribution in [-0.4, -0.2) is 24.9 Å². The zero-order chi connectivity index (χ0) is 18.3. The molecule has 26 heavy (non-hydrogen) atoms. The highest BCUT2D eigenvalue weighted by Crippen LogP contribution is 2.33. The molecule has 1 atom stereocenters. The van der Waals surface area contributed by atoms with Gasteiger partial charge < -0.3 is 9.80 Å². The molecule has 0 N–H and O–H groups in total. The highest BCUT2D eigenvalue weighted by molar-refractivity contribution is 6.05. The Morgan fingerprint density at radius 3 is 2.69 bits per heavy atom. The van der Waals surface area contributed by atoms with Crippen LogP contribution in [0.2, 0.25) is 0 Å². The molecule has 2 aromatic rings. The van der Waals surface area contributed by atoms with Crippen LogP contribution >= 0.6 is 0 Å². The Labute approximate surface area is 154 Å². The monoisotopic (exact) mass is 348 g/mol. The summed E-state index contributed by atoms with van der Waals surface area (Å²) in [6, 6.07) is 14.2. The summed E-state index contributed by atoms with van der Waals surface area (Å²) in [5.41, 5.74) is 5.42. The number of aryl methyl sites for hydroxylation is 3. The summed E-state index contributed by atoms with van der Waals surface area (Å²) in [5.74, 6) is -0.146. The molecule has 0 bridgehead atoms. The van der Waals surface area contributed by atoms with Crippen molar-refractivity contribution in [3.05, 3.63) is 59.2 Å². The van der Waals surface area contributed by atoms with Gasteiger partial charge in [-0.05, 0) is 49.9 Å². The highest BCUT2D eigenvalue weighted by atomic mass is 16.2. The Hall–Kier alpha value is -2.62. The Bertz CT molecular complexity index is 874. The maximum absolute atomic E-state index is 13.2. The van der Waals surface area contributed by atoms with Gasteiger partial charge in [-0.3, -0.25) is 9.59 Å². The van der Waals surface area contributed by atoms with Crippen molar-refractivity contribution in [3.63, 3.8) is 0 Å². The van der Waals surface area contributed by atoms with Gasteiger partial charge in [-0.15, -0.1) is 0 Å². The minimum Gasteiger partial charge on any atom is -0.312 e. The van der Waals surface area contributed by atoms with Gasteiger partial charge in [-0.25, -0.2) is 0 Å². The third-order valence-electron chi connectivity index (χ3n) is 5.49. The molecule has 0 radical (unpaired) electrons. The predicted molar refractivity (Wildman–Crippen MR) is 103 cm³/mol. The fraction of sp³-hybridized carbons (Fsp3) is 0.364. The lowest BCUT2D eigenvalue weighted by Crippen LogP contribution is -2.40. The Kier molecular flexibility index (Phi) is 4.27. The molecule has 0 aliphatic carbocycles. The number of amides is 2. The number of para-hydroxylation sites is 1. The van der Waals surface area contributed by atoms with Crippen molar-refractivity contribution in [3.8, 4) is 0 Å². The van der Waals surface area contributed by atoms with Crippen LogP contribution in [-0.2, 0) is 16.0 Å². The summed E-state index contributed by atoms with van der Waals surface area (Å²) in [7, 11) is 0. The first-order valence-corrected chi connectivity index (χ1v) is 9.31. The SMILES string of the molecule is Cc1ccc(N2CC(C(=O)N3CCCc4ccccc43)CC2=O)c(C)c1. The van der Waals surface area contributed by atoms with Crippen LogP contribution in [0.3, 0.4) is 0 Å². The van der Waals surface area contributed by atoms with Crippen molar-refractivity contribution in [1.29, 1.82) is 0 Å². The van der Waals surface area contributed by atoms with Gasteiger partial charge in [-0.1, -0.05) is 35.9 Å². The second-order valence-electron chi connectivity index (χ2n) is 7.42. The molecule has 1 fully saturated rings. The molecule has 2 amide bonds. The van der Waals surface area contributed by atoms with Crippen LogP contribution in [0.5, 0.6) is 0 Å². The number of nitrogens with zero attached hydrogens (tertiary/aromatic N) is 2. The van der Waals surface area contributed by atoms with E-state index in [1.807, 2.05) is 49.1 Å². The fourth-order valence-corrected chi connectivity index (χ4v) is 4.20. The van der Waals surface area contributed by atoms with E-state index in [1.165, 1.54) is 11.1 Å². The molecule has 4 nitrogen and oxygen atoms in total. The average molecular weight is 348 g/mol. The Balaban J connectivity index is 1.57. The van der Waals surface area contributed by atoms with Gasteiger partial charge in [-0.2, -0.15) is 0 Å². The molecular formula is C22H24N2O2. The topological polar surface area (TPSA) is 40.6 Å². The smallest absolute Gasteiger partial charge is 0.232 e. The number of anilines is 2. The minimum absolute atomic E-state index is 0.0422. The van der Waals surface area contributed by atoms with Crippen LogP contribution in [0.15, 0.2) is 42.5 Å². The van der Waals surface area contributed by atoms with E-state index < -0.39 is 0 Å². The normalized spacial score (nSPS) is 19.6. The molecule has 0 spiro atoms. The van der Waals surface area contributed by atoms with Crippen LogP contribution in [0, 0.1) is 19.8 Å². The van der Waals surface area contributed by atoms with E-state index in [0.29, 0.717) is 13.0 Å². The number of benzene rings is 2. The number of carbonyl (C=O) groups is 2. The number of carbonyl (C=O) groups excluding carboxylic acids is 2. The maximum atomic E-state index is 13.2. The van der Waals surface area contributed by atoms with E-state index >= 15 is 0 Å². The quantitative estimate of drug-likeness (QED) is 0.831. The van der Waals surface area contributed by atoms with E-state index in [4.69, 9.17) is 0 Å². The first-order chi connectivity index (χ1) is 12.5. The van der Waals surface area contributed by atoms with Gasteiger partial charge in [0.2, 0.25) is 11.8 Å². The third-order valence-corrected chi connectivity index (χ3v) is 5.49. The number of fused-ring (bicyclic) bond motifs is 1. The zero-order valence-corrected chi connectivity index (χ0v) is 15.4. The summed E-state index contributed by atoms with van der Waals surface area (Å²) in [5, 5.41) is 0. The standard InChI is InChI=1S/C22H24N2O2/c1-15-9-10-19(16(2)12-15)24-14-18(13-21(24)25)22(26)23-11-5-7-17-6-3-4-8-20(17)23/h3-4,6,8-10,12,18H,5,7,11,13-14H2,1-2H3. The lowest BCUT2D eigenvalue weighted by molar-refractivity contribution is -0.124. The van der Waals surface area contributed by atoms with Crippen molar-refractivity contribution in [1.82, 2.24) is 0 Å². The van der Waals surface area contributed by atoms with Crippen molar-refractivity contribution in [2.75, 3.05) is 22.9 Å². The van der Waals surface area contributed by atoms with Gasteiger partial charge in [0.05, 0.1) is 5.92 Å². The van der Waals surface area contributed by atoms with Gasteiger partial charge in [0.25, 0.3) is 0 Å². The van der Waals surface area contributed by atoms with Crippen LogP contribution in [0.25, 0.3) is 0 Å². The van der Waals surface area contributed by atoms with E-state index in [1.54, 1.807) is 4.90 Å². The molecule has 2 aromatic carbocycles. The number of hydrogen-bond acceptors (Lipinski definition) is 2. The van der Waals surface area contributed by atoms with Gasteiger partial charge in [0.15, 0.2) is 0 Å². The maximum Gasteiger partial charge on any atom is 0.232 e. The number of hydrogen-bond donors (Lipinski definition) is 0. The van der Waals surface area contributed by atoms with Gasteiger partial charge >= 0.3 is 0 Å². The van der Waals surface area contributed by atoms with E-state index in [2.05, 4.69) is 12.1 Å². The van der Waals surface area contributed by atoms with Crippen molar-refractivity contribution < 1.29 is 9.59 Å². The number of rotatable bonds is 2. The molecule has 4 rings (SSSR count). The summed E-state index contributed by atoms with van der Waals surface area (Å²) in [6.07, 6.45) is 2.28. The van der Waals surface area contributed by atoms with Crippen molar-refractivity contribution in [2.45, 2.75) is 33.1 Å². The second kappa shape index (κ2) is 6.60. The van der Waals surface area contributed by atoms with E-state index in [9.17, 15) is 9.59 Å². The van der Waals surface area contributed by atoms with Gasteiger partial charge in [0, 0.05) is 30.9 Å².